The van der Waals surface area contributed by atoms with Gasteiger partial charge in [-0.2, -0.15) is 0 Å². The Bertz CT molecular complexity index is 338. The zero-order valence-corrected chi connectivity index (χ0v) is 10.7. The lowest BCUT2D eigenvalue weighted by Crippen LogP contribution is -2.31. The first-order chi connectivity index (χ1) is 7.69. The lowest BCUT2D eigenvalue weighted by molar-refractivity contribution is 0.0949. The van der Waals surface area contributed by atoms with Crippen molar-refractivity contribution in [2.75, 3.05) is 27.2 Å². The van der Waals surface area contributed by atoms with Gasteiger partial charge in [-0.1, -0.05) is 6.92 Å². The van der Waals surface area contributed by atoms with Gasteiger partial charge in [0.15, 0.2) is 0 Å². The van der Waals surface area contributed by atoms with Gasteiger partial charge < -0.3 is 15.4 Å². The van der Waals surface area contributed by atoms with E-state index in [1.165, 1.54) is 11.3 Å². The lowest BCUT2D eigenvalue weighted by atomic mass is 10.2. The van der Waals surface area contributed by atoms with Crippen LogP contribution < -0.4 is 15.4 Å². The van der Waals surface area contributed by atoms with E-state index in [4.69, 9.17) is 4.74 Å². The van der Waals surface area contributed by atoms with Gasteiger partial charge in [0.25, 0.3) is 5.91 Å². The number of carbonyl (C=O) groups is 1. The number of thiophene rings is 1. The first-order valence-electron chi connectivity index (χ1n) is 5.23. The molecule has 1 atom stereocenters. The average Bonchev–Trinajstić information content (AvgIpc) is 2.74. The summed E-state index contributed by atoms with van der Waals surface area (Å²) in [5.74, 6) is 0.999. The molecular formula is C11H18N2O2S. The Morgan fingerprint density at radius 3 is 2.94 bits per heavy atom. The van der Waals surface area contributed by atoms with Crippen molar-refractivity contribution in [3.63, 3.8) is 0 Å². The number of amides is 1. The van der Waals surface area contributed by atoms with Gasteiger partial charge in [-0.05, 0) is 31.0 Å². The second-order valence-electron chi connectivity index (χ2n) is 3.69. The molecule has 0 bridgehead atoms. The molecule has 1 heterocycles. The fraction of sp³-hybridized carbons (Fsp3) is 0.545. The van der Waals surface area contributed by atoms with Crippen LogP contribution in [0.5, 0.6) is 5.75 Å². The van der Waals surface area contributed by atoms with E-state index in [1.807, 2.05) is 12.4 Å². The molecule has 0 saturated carbocycles. The standard InChI is InChI=1S/C11H18N2O2S/c1-8(6-12-2)7-13-11(14)10-9(15-3)4-5-16-10/h4-5,8,12H,6-7H2,1-3H3,(H,13,14). The molecule has 0 aliphatic heterocycles. The minimum atomic E-state index is -0.0604. The Balaban J connectivity index is 2.46. The molecule has 4 nitrogen and oxygen atoms in total. The lowest BCUT2D eigenvalue weighted by Gasteiger charge is -2.11. The molecule has 1 aromatic heterocycles. The van der Waals surface area contributed by atoms with Crippen molar-refractivity contribution in [1.82, 2.24) is 10.6 Å². The Labute approximate surface area is 100 Å². The van der Waals surface area contributed by atoms with Gasteiger partial charge in [-0.25, -0.2) is 0 Å². The zero-order valence-electron chi connectivity index (χ0n) is 9.87. The topological polar surface area (TPSA) is 50.4 Å². The number of hydrogen-bond donors (Lipinski definition) is 2. The molecule has 0 aliphatic rings. The Kier molecular flexibility index (Phi) is 5.28. The number of ether oxygens (including phenoxy) is 1. The van der Waals surface area contributed by atoms with Gasteiger partial charge in [0.1, 0.15) is 10.6 Å². The summed E-state index contributed by atoms with van der Waals surface area (Å²) in [6.45, 7) is 3.64. The van der Waals surface area contributed by atoms with Crippen molar-refractivity contribution in [2.24, 2.45) is 5.92 Å². The molecule has 0 saturated heterocycles. The molecule has 0 aromatic carbocycles. The highest BCUT2D eigenvalue weighted by Crippen LogP contribution is 2.23. The van der Waals surface area contributed by atoms with Gasteiger partial charge >= 0.3 is 0 Å². The predicted octanol–water partition coefficient (Wildman–Crippen LogP) is 1.34. The summed E-state index contributed by atoms with van der Waals surface area (Å²) in [7, 11) is 3.48. The third kappa shape index (κ3) is 3.50. The van der Waals surface area contributed by atoms with Gasteiger partial charge in [-0.15, -0.1) is 11.3 Å². The fourth-order valence-electron chi connectivity index (χ4n) is 1.39. The number of carbonyl (C=O) groups excluding carboxylic acids is 1. The fourth-order valence-corrected chi connectivity index (χ4v) is 2.17. The molecule has 90 valence electrons. The summed E-state index contributed by atoms with van der Waals surface area (Å²) in [6, 6.07) is 1.80. The van der Waals surface area contributed by atoms with Crippen LogP contribution in [-0.2, 0) is 0 Å². The van der Waals surface area contributed by atoms with Crippen LogP contribution in [0.25, 0.3) is 0 Å². The molecule has 1 rings (SSSR count). The maximum absolute atomic E-state index is 11.8. The highest BCUT2D eigenvalue weighted by Gasteiger charge is 2.13. The number of methoxy groups -OCH3 is 1. The summed E-state index contributed by atoms with van der Waals surface area (Å²) >= 11 is 1.39. The van der Waals surface area contributed by atoms with Crippen molar-refractivity contribution >= 4 is 17.2 Å². The van der Waals surface area contributed by atoms with Crippen LogP contribution in [0.1, 0.15) is 16.6 Å². The second-order valence-corrected chi connectivity index (χ2v) is 4.61. The molecule has 0 radical (unpaired) electrons. The third-order valence-electron chi connectivity index (χ3n) is 2.22. The highest BCUT2D eigenvalue weighted by molar-refractivity contribution is 7.12. The summed E-state index contributed by atoms with van der Waals surface area (Å²) < 4.78 is 5.10. The van der Waals surface area contributed by atoms with Crippen LogP contribution in [0.15, 0.2) is 11.4 Å². The Morgan fingerprint density at radius 2 is 2.31 bits per heavy atom. The number of nitrogens with one attached hydrogen (secondary N) is 2. The van der Waals surface area contributed by atoms with E-state index in [2.05, 4.69) is 17.6 Å². The first kappa shape index (κ1) is 13.0. The summed E-state index contributed by atoms with van der Waals surface area (Å²) in [5.41, 5.74) is 0. The van der Waals surface area contributed by atoms with Crippen LogP contribution in [0.2, 0.25) is 0 Å². The van der Waals surface area contributed by atoms with Crippen molar-refractivity contribution in [1.29, 1.82) is 0 Å². The van der Waals surface area contributed by atoms with Crippen LogP contribution in [-0.4, -0.2) is 33.2 Å². The van der Waals surface area contributed by atoms with E-state index in [0.29, 0.717) is 23.1 Å². The van der Waals surface area contributed by atoms with E-state index in [9.17, 15) is 4.79 Å². The largest absolute Gasteiger partial charge is 0.495 e. The van der Waals surface area contributed by atoms with Gasteiger partial charge in [0.05, 0.1) is 7.11 Å². The normalized spacial score (nSPS) is 12.2. The van der Waals surface area contributed by atoms with Gasteiger partial charge in [-0.3, -0.25) is 4.79 Å². The summed E-state index contributed by atoms with van der Waals surface area (Å²) in [4.78, 5) is 12.4. The van der Waals surface area contributed by atoms with E-state index >= 15 is 0 Å². The summed E-state index contributed by atoms with van der Waals surface area (Å²) in [5, 5.41) is 7.82. The average molecular weight is 242 g/mol. The molecule has 16 heavy (non-hydrogen) atoms. The maximum atomic E-state index is 11.8. The van der Waals surface area contributed by atoms with Crippen LogP contribution in [0.3, 0.4) is 0 Å². The van der Waals surface area contributed by atoms with Gasteiger partial charge in [0, 0.05) is 6.54 Å². The van der Waals surface area contributed by atoms with Gasteiger partial charge in [0.2, 0.25) is 0 Å². The smallest absolute Gasteiger partial charge is 0.265 e. The van der Waals surface area contributed by atoms with Crippen LogP contribution >= 0.6 is 11.3 Å². The molecule has 1 aromatic rings. The molecule has 5 heteroatoms. The molecule has 1 amide bonds. The van der Waals surface area contributed by atoms with E-state index in [0.717, 1.165) is 6.54 Å². The van der Waals surface area contributed by atoms with Crippen LogP contribution in [0.4, 0.5) is 0 Å². The summed E-state index contributed by atoms with van der Waals surface area (Å²) in [6.07, 6.45) is 0. The van der Waals surface area contributed by atoms with E-state index in [-0.39, 0.29) is 5.91 Å². The predicted molar refractivity (Wildman–Crippen MR) is 66.3 cm³/mol. The maximum Gasteiger partial charge on any atom is 0.265 e. The molecule has 2 N–H and O–H groups in total. The molecule has 0 spiro atoms. The van der Waals surface area contributed by atoms with Crippen molar-refractivity contribution in [2.45, 2.75) is 6.92 Å². The zero-order chi connectivity index (χ0) is 12.0. The third-order valence-corrected chi connectivity index (χ3v) is 3.11. The number of rotatable bonds is 6. The number of hydrogen-bond acceptors (Lipinski definition) is 4. The Morgan fingerprint density at radius 1 is 1.56 bits per heavy atom. The highest BCUT2D eigenvalue weighted by atomic mass is 32.1. The SMILES string of the molecule is CNCC(C)CNC(=O)c1sccc1OC. The molecule has 0 aliphatic carbocycles. The second kappa shape index (κ2) is 6.50. The van der Waals surface area contributed by atoms with E-state index < -0.39 is 0 Å². The minimum Gasteiger partial charge on any atom is -0.495 e. The monoisotopic (exact) mass is 242 g/mol. The van der Waals surface area contributed by atoms with Crippen molar-refractivity contribution in [3.05, 3.63) is 16.3 Å². The first-order valence-corrected chi connectivity index (χ1v) is 6.11. The van der Waals surface area contributed by atoms with Crippen LogP contribution in [0, 0.1) is 5.92 Å². The minimum absolute atomic E-state index is 0.0604. The van der Waals surface area contributed by atoms with Crippen molar-refractivity contribution < 1.29 is 9.53 Å². The quantitative estimate of drug-likeness (QED) is 0.791. The molecular weight excluding hydrogens is 224 g/mol. The molecule has 0 fully saturated rings. The van der Waals surface area contributed by atoms with Crippen molar-refractivity contribution in [3.8, 4) is 5.75 Å². The van der Waals surface area contributed by atoms with E-state index in [1.54, 1.807) is 13.2 Å². The Hall–Kier alpha value is -1.07. The molecule has 1 unspecified atom stereocenters.